The molecule has 2 fully saturated rings. The number of anilines is 5. The molecule has 1 atom stereocenters. The highest BCUT2D eigenvalue weighted by molar-refractivity contribution is 7.86. The quantitative estimate of drug-likeness (QED) is 0.416. The topological polar surface area (TPSA) is 102 Å². The number of nitrogens with one attached hydrogen (secondary N) is 1. The predicted molar refractivity (Wildman–Crippen MR) is 179 cm³/mol. The van der Waals surface area contributed by atoms with E-state index in [1.165, 1.54) is 4.90 Å². The lowest BCUT2D eigenvalue weighted by molar-refractivity contribution is 0.0518. The van der Waals surface area contributed by atoms with Crippen LogP contribution in [0.2, 0.25) is 0 Å². The fourth-order valence-corrected chi connectivity index (χ4v) is 7.29. The van der Waals surface area contributed by atoms with Crippen LogP contribution in [0, 0.1) is 0 Å². The monoisotopic (exact) mass is 631 g/mol. The predicted octanol–water partition coefficient (Wildman–Crippen LogP) is 4.10. The Morgan fingerprint density at radius 3 is 2.42 bits per heavy atom. The minimum Gasteiger partial charge on any atom is -0.492 e. The molecule has 1 aromatic heterocycles. The highest BCUT2D eigenvalue weighted by Gasteiger charge is 2.32. The summed E-state index contributed by atoms with van der Waals surface area (Å²) in [4.78, 5) is 39.8. The minimum atomic E-state index is -1.47. The van der Waals surface area contributed by atoms with Crippen LogP contribution in [0.15, 0.2) is 54.7 Å². The second-order valence-electron chi connectivity index (χ2n) is 11.8. The summed E-state index contributed by atoms with van der Waals surface area (Å²) in [6, 6.07) is 14.9. The Hall–Kier alpha value is -4.00. The smallest absolute Gasteiger partial charge is 0.260 e. The SMILES string of the molecule is CCOc1cc(C(=O)N2CCC(N3CCN(C)CC3)CC2)ccc1Nc1cc2c(cn1)N(C)C(=O)c1ccccc1N2S(C)=O. The first-order valence-electron chi connectivity index (χ1n) is 15.5. The number of piperazine rings is 1. The number of likely N-dealkylation sites (N-methyl/N-ethyl adjacent to an activating group) is 1. The zero-order chi connectivity index (χ0) is 31.7. The standard InChI is InChI=1S/C33H41N7O4S/c1-5-44-30-20-23(32(41)39-14-12-24(13-15-39)38-18-16-36(2)17-19-38)10-11-26(30)35-31-21-28-29(22-34-31)37(3)33(42)25-8-6-7-9-27(25)40(28)45(4)43/h6-11,20-22,24H,5,12-19H2,1-4H3,(H,34,35). The lowest BCUT2D eigenvalue weighted by atomic mass is 10.0. The first-order chi connectivity index (χ1) is 21.7. The van der Waals surface area contributed by atoms with Crippen LogP contribution in [-0.2, 0) is 11.0 Å². The summed E-state index contributed by atoms with van der Waals surface area (Å²) in [6.45, 7) is 8.20. The minimum absolute atomic E-state index is 0.00919. The molecule has 238 valence electrons. The second kappa shape index (κ2) is 13.2. The summed E-state index contributed by atoms with van der Waals surface area (Å²) in [5, 5.41) is 3.33. The Morgan fingerprint density at radius 2 is 1.71 bits per heavy atom. The Kier molecular flexibility index (Phi) is 9.06. The first-order valence-corrected chi connectivity index (χ1v) is 17.0. The van der Waals surface area contributed by atoms with Crippen molar-refractivity contribution < 1.29 is 18.5 Å². The number of piperidine rings is 1. The number of carbonyl (C=O) groups is 2. The van der Waals surface area contributed by atoms with Gasteiger partial charge in [0.25, 0.3) is 11.8 Å². The van der Waals surface area contributed by atoms with Crippen molar-refractivity contribution in [2.45, 2.75) is 25.8 Å². The molecule has 4 heterocycles. The number of para-hydroxylation sites is 1. The number of pyridine rings is 1. The average molecular weight is 632 g/mol. The molecular formula is C33H41N7O4S. The summed E-state index contributed by atoms with van der Waals surface area (Å²) in [7, 11) is 2.39. The summed E-state index contributed by atoms with van der Waals surface area (Å²) >= 11 is 0. The summed E-state index contributed by atoms with van der Waals surface area (Å²) < 4.78 is 20.7. The van der Waals surface area contributed by atoms with E-state index in [0.29, 0.717) is 58.1 Å². The van der Waals surface area contributed by atoms with E-state index in [9.17, 15) is 13.8 Å². The number of benzene rings is 2. The molecule has 2 amide bonds. The fourth-order valence-electron chi connectivity index (χ4n) is 6.43. The van der Waals surface area contributed by atoms with Crippen LogP contribution in [0.3, 0.4) is 0 Å². The van der Waals surface area contributed by atoms with Gasteiger partial charge in [0, 0.05) is 70.2 Å². The number of hydrogen-bond donors (Lipinski definition) is 1. The fraction of sp³-hybridized carbons (Fsp3) is 0.424. The summed E-state index contributed by atoms with van der Waals surface area (Å²) in [5.41, 5.74) is 3.39. The summed E-state index contributed by atoms with van der Waals surface area (Å²) in [6.07, 6.45) is 5.16. The van der Waals surface area contributed by atoms with Crippen LogP contribution in [0.5, 0.6) is 5.75 Å². The Morgan fingerprint density at radius 1 is 0.978 bits per heavy atom. The largest absolute Gasteiger partial charge is 0.492 e. The van der Waals surface area contributed by atoms with E-state index in [1.54, 1.807) is 54.1 Å². The number of nitrogens with zero attached hydrogens (tertiary/aromatic N) is 6. The number of ether oxygens (including phenoxy) is 1. The Balaban J connectivity index is 1.22. The van der Waals surface area contributed by atoms with Gasteiger partial charge < -0.3 is 24.8 Å². The molecule has 3 aliphatic heterocycles. The molecule has 45 heavy (non-hydrogen) atoms. The molecule has 0 spiro atoms. The zero-order valence-corrected chi connectivity index (χ0v) is 27.2. The number of aromatic nitrogens is 1. The van der Waals surface area contributed by atoms with Crippen LogP contribution in [-0.4, -0.2) is 108 Å². The molecule has 0 aliphatic carbocycles. The van der Waals surface area contributed by atoms with E-state index in [2.05, 4.69) is 27.1 Å². The van der Waals surface area contributed by atoms with Gasteiger partial charge in [-0.05, 0) is 57.1 Å². The molecule has 11 nitrogen and oxygen atoms in total. The van der Waals surface area contributed by atoms with Crippen LogP contribution >= 0.6 is 0 Å². The third-order valence-corrected chi connectivity index (χ3v) is 9.86. The Bertz CT molecular complexity index is 1600. The van der Waals surface area contributed by atoms with Gasteiger partial charge in [0.2, 0.25) is 0 Å². The molecule has 12 heteroatoms. The van der Waals surface area contributed by atoms with Crippen molar-refractivity contribution in [1.82, 2.24) is 19.7 Å². The molecule has 2 aromatic carbocycles. The van der Waals surface area contributed by atoms with Crippen molar-refractivity contribution in [1.29, 1.82) is 0 Å². The van der Waals surface area contributed by atoms with Crippen LogP contribution in [0.1, 0.15) is 40.5 Å². The molecule has 6 rings (SSSR count). The molecule has 3 aliphatic rings. The van der Waals surface area contributed by atoms with Crippen LogP contribution < -0.4 is 19.3 Å². The highest BCUT2D eigenvalue weighted by Crippen LogP contribution is 2.42. The van der Waals surface area contributed by atoms with Crippen molar-refractivity contribution in [2.24, 2.45) is 0 Å². The molecule has 3 aromatic rings. The number of likely N-dealkylation sites (tertiary alicyclic amines) is 1. The van der Waals surface area contributed by atoms with Crippen LogP contribution in [0.4, 0.5) is 28.6 Å². The zero-order valence-electron chi connectivity index (χ0n) is 26.4. The van der Waals surface area contributed by atoms with Crippen molar-refractivity contribution in [2.75, 3.05) is 80.7 Å². The van der Waals surface area contributed by atoms with Gasteiger partial charge in [-0.25, -0.2) is 9.19 Å². The maximum absolute atomic E-state index is 13.6. The molecular weight excluding hydrogens is 590 g/mol. The van der Waals surface area contributed by atoms with E-state index >= 15 is 0 Å². The molecule has 1 unspecified atom stereocenters. The normalized spacial score (nSPS) is 18.7. The van der Waals surface area contributed by atoms with E-state index in [0.717, 1.165) is 52.1 Å². The van der Waals surface area contributed by atoms with E-state index in [4.69, 9.17) is 4.74 Å². The van der Waals surface area contributed by atoms with Crippen molar-refractivity contribution in [3.63, 3.8) is 0 Å². The van der Waals surface area contributed by atoms with Gasteiger partial charge >= 0.3 is 0 Å². The number of carbonyl (C=O) groups excluding carboxylic acids is 2. The molecule has 0 radical (unpaired) electrons. The van der Waals surface area contributed by atoms with E-state index in [1.807, 2.05) is 30.0 Å². The van der Waals surface area contributed by atoms with Gasteiger partial charge in [-0.15, -0.1) is 0 Å². The van der Waals surface area contributed by atoms with Gasteiger partial charge in [-0.2, -0.15) is 0 Å². The molecule has 1 N–H and O–H groups in total. The molecule has 0 saturated carbocycles. The summed E-state index contributed by atoms with van der Waals surface area (Å²) in [5.74, 6) is 0.830. The number of fused-ring (bicyclic) bond motifs is 2. The van der Waals surface area contributed by atoms with Crippen molar-refractivity contribution in [3.8, 4) is 5.75 Å². The average Bonchev–Trinajstić information content (AvgIpc) is 3.14. The highest BCUT2D eigenvalue weighted by atomic mass is 32.2. The lowest BCUT2D eigenvalue weighted by Crippen LogP contribution is -2.52. The first kappa shape index (κ1) is 31.0. The molecule has 0 bridgehead atoms. The molecule has 2 saturated heterocycles. The van der Waals surface area contributed by atoms with Crippen molar-refractivity contribution >= 4 is 51.4 Å². The second-order valence-corrected chi connectivity index (χ2v) is 13.0. The number of rotatable bonds is 7. The van der Waals surface area contributed by atoms with E-state index in [-0.39, 0.29) is 11.8 Å². The van der Waals surface area contributed by atoms with Crippen LogP contribution in [0.25, 0.3) is 0 Å². The Labute approximate surface area is 267 Å². The lowest BCUT2D eigenvalue weighted by Gasteiger charge is -2.42. The third-order valence-electron chi connectivity index (χ3n) is 8.95. The van der Waals surface area contributed by atoms with Gasteiger partial charge in [0.05, 0.1) is 41.1 Å². The number of hydrogen-bond acceptors (Lipinski definition) is 8. The van der Waals surface area contributed by atoms with Gasteiger partial charge in [-0.1, -0.05) is 12.1 Å². The van der Waals surface area contributed by atoms with Gasteiger partial charge in [-0.3, -0.25) is 18.8 Å². The van der Waals surface area contributed by atoms with E-state index < -0.39 is 11.0 Å². The maximum Gasteiger partial charge on any atom is 0.260 e. The number of amides is 2. The maximum atomic E-state index is 13.6. The van der Waals surface area contributed by atoms with Crippen molar-refractivity contribution in [3.05, 3.63) is 65.9 Å². The third kappa shape index (κ3) is 6.27. The van der Waals surface area contributed by atoms with Gasteiger partial charge in [0.1, 0.15) is 22.6 Å². The van der Waals surface area contributed by atoms with Gasteiger partial charge in [0.15, 0.2) is 0 Å².